The molecule has 0 atom stereocenters. The van der Waals surface area contributed by atoms with Crippen LogP contribution in [0.2, 0.25) is 0 Å². The highest BCUT2D eigenvalue weighted by molar-refractivity contribution is 5.86. The molecule has 6 heteroatoms. The zero-order valence-electron chi connectivity index (χ0n) is 7.95. The van der Waals surface area contributed by atoms with E-state index in [1.54, 1.807) is 24.0 Å². The molecule has 0 saturated heterocycles. The predicted molar refractivity (Wildman–Crippen MR) is 51.2 cm³/mol. The highest BCUT2D eigenvalue weighted by Crippen LogP contribution is 2.10. The second-order valence-corrected chi connectivity index (χ2v) is 2.98. The fraction of sp³-hybridized carbons (Fsp3) is 0.111. The Kier molecular flexibility index (Phi) is 2.17. The first-order valence-electron chi connectivity index (χ1n) is 4.22. The van der Waals surface area contributed by atoms with E-state index in [1.165, 1.54) is 12.4 Å². The van der Waals surface area contributed by atoms with E-state index < -0.39 is 5.97 Å². The summed E-state index contributed by atoms with van der Waals surface area (Å²) in [5.74, 6) is -0.622. The standard InChI is InChI=1S/C9H8N4O2/c1-13-3-2-7(12-13)8-10-4-6(5-11-8)9(14)15/h2-5H,1H3,(H,14,15). The Morgan fingerprint density at radius 2 is 2.07 bits per heavy atom. The summed E-state index contributed by atoms with van der Waals surface area (Å²) < 4.78 is 1.63. The van der Waals surface area contributed by atoms with Crippen LogP contribution >= 0.6 is 0 Å². The third-order valence-corrected chi connectivity index (χ3v) is 1.84. The molecule has 1 N–H and O–H groups in total. The molecule has 0 aliphatic carbocycles. The van der Waals surface area contributed by atoms with Crippen LogP contribution in [-0.4, -0.2) is 30.8 Å². The lowest BCUT2D eigenvalue weighted by atomic mass is 10.3. The average molecular weight is 204 g/mol. The van der Waals surface area contributed by atoms with Crippen molar-refractivity contribution in [1.82, 2.24) is 19.7 Å². The molecule has 0 aliphatic rings. The van der Waals surface area contributed by atoms with Crippen molar-refractivity contribution in [3.8, 4) is 11.5 Å². The third kappa shape index (κ3) is 1.83. The van der Waals surface area contributed by atoms with E-state index in [4.69, 9.17) is 5.11 Å². The highest BCUT2D eigenvalue weighted by atomic mass is 16.4. The van der Waals surface area contributed by atoms with E-state index in [2.05, 4.69) is 15.1 Å². The number of rotatable bonds is 2. The minimum absolute atomic E-state index is 0.0645. The molecule has 2 aromatic heterocycles. The summed E-state index contributed by atoms with van der Waals surface area (Å²) in [6.45, 7) is 0. The monoisotopic (exact) mass is 204 g/mol. The van der Waals surface area contributed by atoms with Crippen molar-refractivity contribution in [1.29, 1.82) is 0 Å². The Balaban J connectivity index is 2.35. The maximum atomic E-state index is 10.6. The molecule has 76 valence electrons. The van der Waals surface area contributed by atoms with Crippen molar-refractivity contribution in [2.75, 3.05) is 0 Å². The van der Waals surface area contributed by atoms with Crippen LogP contribution in [0.25, 0.3) is 11.5 Å². The van der Waals surface area contributed by atoms with Crippen molar-refractivity contribution in [3.63, 3.8) is 0 Å². The number of aryl methyl sites for hydroxylation is 1. The number of carboxylic acids is 1. The fourth-order valence-electron chi connectivity index (χ4n) is 1.11. The quantitative estimate of drug-likeness (QED) is 0.773. The number of aromatic carboxylic acids is 1. The molecular weight excluding hydrogens is 196 g/mol. The van der Waals surface area contributed by atoms with Crippen molar-refractivity contribution >= 4 is 5.97 Å². The van der Waals surface area contributed by atoms with Gasteiger partial charge in [-0.05, 0) is 6.07 Å². The number of aromatic nitrogens is 4. The highest BCUT2D eigenvalue weighted by Gasteiger charge is 2.07. The van der Waals surface area contributed by atoms with Gasteiger partial charge in [0.2, 0.25) is 0 Å². The summed E-state index contributed by atoms with van der Waals surface area (Å²) in [5, 5.41) is 12.8. The summed E-state index contributed by atoms with van der Waals surface area (Å²) in [6, 6.07) is 1.76. The number of hydrogen-bond donors (Lipinski definition) is 1. The normalized spacial score (nSPS) is 10.2. The lowest BCUT2D eigenvalue weighted by molar-refractivity contribution is 0.0696. The molecule has 0 unspecified atom stereocenters. The van der Waals surface area contributed by atoms with Crippen LogP contribution in [0.1, 0.15) is 10.4 Å². The van der Waals surface area contributed by atoms with Crippen molar-refractivity contribution in [2.45, 2.75) is 0 Å². The van der Waals surface area contributed by atoms with E-state index in [-0.39, 0.29) is 5.56 Å². The molecule has 0 radical (unpaired) electrons. The summed E-state index contributed by atoms with van der Waals surface area (Å²) in [6.07, 6.45) is 4.29. The van der Waals surface area contributed by atoms with Crippen molar-refractivity contribution in [3.05, 3.63) is 30.2 Å². The largest absolute Gasteiger partial charge is 0.478 e. The maximum absolute atomic E-state index is 10.6. The molecule has 0 aromatic carbocycles. The first-order chi connectivity index (χ1) is 7.16. The second kappa shape index (κ2) is 3.49. The predicted octanol–water partition coefficient (Wildman–Crippen LogP) is 0.575. The summed E-state index contributed by atoms with van der Waals surface area (Å²) >= 11 is 0. The maximum Gasteiger partial charge on any atom is 0.338 e. The molecule has 2 rings (SSSR count). The van der Waals surface area contributed by atoms with Gasteiger partial charge in [0, 0.05) is 25.6 Å². The number of nitrogens with zero attached hydrogens (tertiary/aromatic N) is 4. The van der Waals surface area contributed by atoms with Gasteiger partial charge in [0.05, 0.1) is 5.56 Å². The van der Waals surface area contributed by atoms with Gasteiger partial charge in [-0.15, -0.1) is 0 Å². The SMILES string of the molecule is Cn1ccc(-c2ncc(C(=O)O)cn2)n1. The van der Waals surface area contributed by atoms with Gasteiger partial charge in [-0.25, -0.2) is 14.8 Å². The number of carbonyl (C=O) groups is 1. The van der Waals surface area contributed by atoms with Gasteiger partial charge >= 0.3 is 5.97 Å². The zero-order chi connectivity index (χ0) is 10.8. The molecule has 0 spiro atoms. The Morgan fingerprint density at radius 1 is 1.40 bits per heavy atom. The average Bonchev–Trinajstić information content (AvgIpc) is 2.65. The molecule has 0 aliphatic heterocycles. The lowest BCUT2D eigenvalue weighted by Gasteiger charge is -1.95. The van der Waals surface area contributed by atoms with E-state index in [9.17, 15) is 4.79 Å². The molecular formula is C9H8N4O2. The molecule has 0 saturated carbocycles. The lowest BCUT2D eigenvalue weighted by Crippen LogP contribution is -2.00. The van der Waals surface area contributed by atoms with Gasteiger partial charge in [-0.1, -0.05) is 0 Å². The first kappa shape index (κ1) is 9.32. The van der Waals surface area contributed by atoms with E-state index in [1.807, 2.05) is 0 Å². The minimum atomic E-state index is -1.04. The fourth-order valence-corrected chi connectivity index (χ4v) is 1.11. The van der Waals surface area contributed by atoms with Crippen LogP contribution in [0.3, 0.4) is 0 Å². The number of hydrogen-bond acceptors (Lipinski definition) is 4. The summed E-state index contributed by atoms with van der Waals surface area (Å²) in [5.41, 5.74) is 0.684. The summed E-state index contributed by atoms with van der Waals surface area (Å²) in [4.78, 5) is 18.4. The Hall–Kier alpha value is -2.24. The van der Waals surface area contributed by atoms with Gasteiger partial charge in [-0.3, -0.25) is 4.68 Å². The molecule has 2 aromatic rings. The Labute approximate surface area is 85.2 Å². The molecule has 0 fully saturated rings. The zero-order valence-corrected chi connectivity index (χ0v) is 7.95. The smallest absolute Gasteiger partial charge is 0.338 e. The van der Waals surface area contributed by atoms with Crippen LogP contribution in [0, 0.1) is 0 Å². The van der Waals surface area contributed by atoms with E-state index >= 15 is 0 Å². The molecule has 6 nitrogen and oxygen atoms in total. The topological polar surface area (TPSA) is 80.9 Å². The van der Waals surface area contributed by atoms with Gasteiger partial charge in [-0.2, -0.15) is 5.10 Å². The van der Waals surface area contributed by atoms with E-state index in [0.29, 0.717) is 11.5 Å². The van der Waals surface area contributed by atoms with Crippen LogP contribution in [0.15, 0.2) is 24.7 Å². The molecule has 0 bridgehead atoms. The second-order valence-electron chi connectivity index (χ2n) is 2.98. The van der Waals surface area contributed by atoms with Crippen molar-refractivity contribution in [2.24, 2.45) is 7.05 Å². The molecule has 15 heavy (non-hydrogen) atoms. The Morgan fingerprint density at radius 3 is 2.53 bits per heavy atom. The van der Waals surface area contributed by atoms with Crippen LogP contribution in [0.4, 0.5) is 0 Å². The van der Waals surface area contributed by atoms with Crippen LogP contribution in [0.5, 0.6) is 0 Å². The first-order valence-corrected chi connectivity index (χ1v) is 4.22. The van der Waals surface area contributed by atoms with Gasteiger partial charge in [0.1, 0.15) is 5.69 Å². The van der Waals surface area contributed by atoms with Gasteiger partial charge < -0.3 is 5.11 Å². The minimum Gasteiger partial charge on any atom is -0.478 e. The van der Waals surface area contributed by atoms with Crippen molar-refractivity contribution < 1.29 is 9.90 Å². The molecule has 0 amide bonds. The Bertz CT molecular complexity index is 489. The van der Waals surface area contributed by atoms with Crippen LogP contribution in [-0.2, 0) is 7.05 Å². The number of carboxylic acid groups (broad SMARTS) is 1. The van der Waals surface area contributed by atoms with Gasteiger partial charge in [0.25, 0.3) is 0 Å². The third-order valence-electron chi connectivity index (χ3n) is 1.84. The van der Waals surface area contributed by atoms with Gasteiger partial charge in [0.15, 0.2) is 5.82 Å². The van der Waals surface area contributed by atoms with Crippen LogP contribution < -0.4 is 0 Å². The molecule has 2 heterocycles. The summed E-state index contributed by atoms with van der Waals surface area (Å²) in [7, 11) is 1.79. The van der Waals surface area contributed by atoms with E-state index in [0.717, 1.165) is 0 Å².